The van der Waals surface area contributed by atoms with Crippen molar-refractivity contribution in [3.63, 3.8) is 0 Å². The summed E-state index contributed by atoms with van der Waals surface area (Å²) in [7, 11) is 0. The van der Waals surface area contributed by atoms with Gasteiger partial charge in [0.2, 0.25) is 0 Å². The van der Waals surface area contributed by atoms with Crippen LogP contribution < -0.4 is 5.32 Å². The standard InChI is InChI=1S/C15H22FN/c1-11(13-7-3-4-8-13)17-12(2)14-9-5-6-10-15(14)16/h5-6,9-13,17H,3-4,7-8H2,1-2H3/t11-,12?/m0/s1. The van der Waals surface area contributed by atoms with E-state index in [1.807, 2.05) is 19.1 Å². The Bertz CT molecular complexity index is 358. The summed E-state index contributed by atoms with van der Waals surface area (Å²) in [6.07, 6.45) is 5.34. The second-order valence-electron chi connectivity index (χ2n) is 5.24. The van der Waals surface area contributed by atoms with Crippen LogP contribution in [0.25, 0.3) is 0 Å². The molecule has 0 saturated heterocycles. The first-order valence-electron chi connectivity index (χ1n) is 6.69. The van der Waals surface area contributed by atoms with E-state index < -0.39 is 0 Å². The third-order valence-electron chi connectivity index (χ3n) is 3.99. The number of halogens is 1. The number of nitrogens with one attached hydrogen (secondary N) is 1. The molecule has 2 heteroatoms. The molecule has 0 bridgehead atoms. The Hall–Kier alpha value is -0.890. The van der Waals surface area contributed by atoms with Crippen LogP contribution in [-0.2, 0) is 0 Å². The first kappa shape index (κ1) is 12.6. The van der Waals surface area contributed by atoms with Crippen LogP contribution in [-0.4, -0.2) is 6.04 Å². The van der Waals surface area contributed by atoms with Crippen LogP contribution in [0.1, 0.15) is 51.1 Å². The molecule has 0 spiro atoms. The Morgan fingerprint density at radius 3 is 2.47 bits per heavy atom. The van der Waals surface area contributed by atoms with Crippen LogP contribution in [0.4, 0.5) is 4.39 Å². The topological polar surface area (TPSA) is 12.0 Å². The second-order valence-corrected chi connectivity index (χ2v) is 5.24. The van der Waals surface area contributed by atoms with E-state index in [1.165, 1.54) is 31.7 Å². The average Bonchev–Trinajstić information content (AvgIpc) is 2.82. The molecule has 2 atom stereocenters. The van der Waals surface area contributed by atoms with Gasteiger partial charge in [0.15, 0.2) is 0 Å². The van der Waals surface area contributed by atoms with Crippen LogP contribution in [0.2, 0.25) is 0 Å². The quantitative estimate of drug-likeness (QED) is 0.830. The molecular formula is C15H22FN. The van der Waals surface area contributed by atoms with Gasteiger partial charge in [0.25, 0.3) is 0 Å². The maximum Gasteiger partial charge on any atom is 0.127 e. The minimum atomic E-state index is -0.105. The number of rotatable bonds is 4. The maximum atomic E-state index is 13.6. The molecule has 1 N–H and O–H groups in total. The van der Waals surface area contributed by atoms with E-state index in [2.05, 4.69) is 12.2 Å². The fourth-order valence-corrected chi connectivity index (χ4v) is 2.90. The van der Waals surface area contributed by atoms with Crippen LogP contribution in [0.15, 0.2) is 24.3 Å². The van der Waals surface area contributed by atoms with E-state index in [-0.39, 0.29) is 11.9 Å². The predicted molar refractivity (Wildman–Crippen MR) is 69.4 cm³/mol. The van der Waals surface area contributed by atoms with Crippen molar-refractivity contribution in [2.24, 2.45) is 5.92 Å². The monoisotopic (exact) mass is 235 g/mol. The highest BCUT2D eigenvalue weighted by atomic mass is 19.1. The molecule has 0 aromatic heterocycles. The van der Waals surface area contributed by atoms with Gasteiger partial charge in [-0.25, -0.2) is 4.39 Å². The molecule has 0 radical (unpaired) electrons. The van der Waals surface area contributed by atoms with Gasteiger partial charge in [-0.3, -0.25) is 0 Å². The molecule has 1 fully saturated rings. The van der Waals surface area contributed by atoms with Crippen molar-refractivity contribution in [1.29, 1.82) is 0 Å². The van der Waals surface area contributed by atoms with Gasteiger partial charge >= 0.3 is 0 Å². The van der Waals surface area contributed by atoms with Gasteiger partial charge in [-0.15, -0.1) is 0 Å². The van der Waals surface area contributed by atoms with E-state index >= 15 is 0 Å². The van der Waals surface area contributed by atoms with E-state index in [4.69, 9.17) is 0 Å². The van der Waals surface area contributed by atoms with Gasteiger partial charge in [-0.1, -0.05) is 31.0 Å². The number of hydrogen-bond donors (Lipinski definition) is 1. The summed E-state index contributed by atoms with van der Waals surface area (Å²) in [5.74, 6) is 0.662. The normalized spacial score (nSPS) is 20.4. The summed E-state index contributed by atoms with van der Waals surface area (Å²) in [6, 6.07) is 7.61. The van der Waals surface area contributed by atoms with Crippen molar-refractivity contribution in [3.05, 3.63) is 35.6 Å². The van der Waals surface area contributed by atoms with E-state index in [0.717, 1.165) is 11.5 Å². The molecule has 2 rings (SSSR count). The zero-order valence-corrected chi connectivity index (χ0v) is 10.7. The summed E-state index contributed by atoms with van der Waals surface area (Å²) >= 11 is 0. The lowest BCUT2D eigenvalue weighted by molar-refractivity contribution is 0.348. The second kappa shape index (κ2) is 5.63. The largest absolute Gasteiger partial charge is 0.307 e. The summed E-state index contributed by atoms with van der Waals surface area (Å²) < 4.78 is 13.6. The summed E-state index contributed by atoms with van der Waals surface area (Å²) in [5, 5.41) is 3.54. The van der Waals surface area contributed by atoms with Gasteiger partial charge in [0.05, 0.1) is 0 Å². The van der Waals surface area contributed by atoms with Gasteiger partial charge in [-0.05, 0) is 38.7 Å². The van der Waals surface area contributed by atoms with E-state index in [0.29, 0.717) is 6.04 Å². The molecule has 1 aromatic carbocycles. The Balaban J connectivity index is 1.96. The van der Waals surface area contributed by atoms with Gasteiger partial charge < -0.3 is 5.32 Å². The predicted octanol–water partition coefficient (Wildman–Crippen LogP) is 4.06. The third kappa shape index (κ3) is 3.06. The highest BCUT2D eigenvalue weighted by molar-refractivity contribution is 5.20. The summed E-state index contributed by atoms with van der Waals surface area (Å²) in [5.41, 5.74) is 0.775. The SMILES string of the molecule is CC(N[C@@H](C)C1CCCC1)c1ccccc1F. The van der Waals surface area contributed by atoms with Crippen LogP contribution in [0.3, 0.4) is 0 Å². The van der Waals surface area contributed by atoms with Crippen molar-refractivity contribution >= 4 is 0 Å². The van der Waals surface area contributed by atoms with Crippen LogP contribution in [0, 0.1) is 11.7 Å². The number of hydrogen-bond acceptors (Lipinski definition) is 1. The highest BCUT2D eigenvalue weighted by Crippen LogP contribution is 2.29. The molecule has 1 aliphatic rings. The molecule has 1 unspecified atom stereocenters. The van der Waals surface area contributed by atoms with Crippen LogP contribution in [0.5, 0.6) is 0 Å². The van der Waals surface area contributed by atoms with Crippen molar-refractivity contribution in [1.82, 2.24) is 5.32 Å². The van der Waals surface area contributed by atoms with E-state index in [1.54, 1.807) is 6.07 Å². The average molecular weight is 235 g/mol. The molecule has 1 aromatic rings. The maximum absolute atomic E-state index is 13.6. The molecule has 0 heterocycles. The first-order valence-corrected chi connectivity index (χ1v) is 6.69. The summed E-state index contributed by atoms with van der Waals surface area (Å²) in [4.78, 5) is 0. The minimum Gasteiger partial charge on any atom is -0.307 e. The Kier molecular flexibility index (Phi) is 4.16. The molecule has 94 valence electrons. The van der Waals surface area contributed by atoms with Crippen LogP contribution >= 0.6 is 0 Å². The Morgan fingerprint density at radius 2 is 1.82 bits per heavy atom. The summed E-state index contributed by atoms with van der Waals surface area (Å²) in [6.45, 7) is 4.27. The zero-order chi connectivity index (χ0) is 12.3. The van der Waals surface area contributed by atoms with Gasteiger partial charge in [0.1, 0.15) is 5.82 Å². The molecule has 1 nitrogen and oxygen atoms in total. The molecule has 17 heavy (non-hydrogen) atoms. The lowest BCUT2D eigenvalue weighted by atomic mass is 9.97. The molecule has 0 amide bonds. The molecule has 1 saturated carbocycles. The molecule has 1 aliphatic carbocycles. The smallest absolute Gasteiger partial charge is 0.127 e. The Labute approximate surface area is 103 Å². The third-order valence-corrected chi connectivity index (χ3v) is 3.99. The Morgan fingerprint density at radius 1 is 1.18 bits per heavy atom. The van der Waals surface area contributed by atoms with Crippen molar-refractivity contribution in [2.45, 2.75) is 51.6 Å². The minimum absolute atomic E-state index is 0.0896. The lowest BCUT2D eigenvalue weighted by Crippen LogP contribution is -2.34. The van der Waals surface area contributed by atoms with Gasteiger partial charge in [-0.2, -0.15) is 0 Å². The van der Waals surface area contributed by atoms with Crippen molar-refractivity contribution < 1.29 is 4.39 Å². The highest BCUT2D eigenvalue weighted by Gasteiger charge is 2.23. The molecular weight excluding hydrogens is 213 g/mol. The fraction of sp³-hybridized carbons (Fsp3) is 0.600. The van der Waals surface area contributed by atoms with Crippen molar-refractivity contribution in [3.8, 4) is 0 Å². The number of benzene rings is 1. The lowest BCUT2D eigenvalue weighted by Gasteiger charge is -2.25. The van der Waals surface area contributed by atoms with E-state index in [9.17, 15) is 4.39 Å². The molecule has 0 aliphatic heterocycles. The van der Waals surface area contributed by atoms with Crippen molar-refractivity contribution in [2.75, 3.05) is 0 Å². The van der Waals surface area contributed by atoms with Gasteiger partial charge in [0, 0.05) is 17.6 Å². The fourth-order valence-electron chi connectivity index (χ4n) is 2.90. The first-order chi connectivity index (χ1) is 8.18. The zero-order valence-electron chi connectivity index (χ0n) is 10.7.